The number of anilines is 2. The van der Waals surface area contributed by atoms with E-state index < -0.39 is 0 Å². The van der Waals surface area contributed by atoms with Crippen LogP contribution in [0.1, 0.15) is 21.9 Å². The SMILES string of the molecule is Cc1ccc(NC(=O)c2cc(N)ccn2)c(C)n1. The first-order valence-electron chi connectivity index (χ1n) is 5.53. The lowest BCUT2D eigenvalue weighted by atomic mass is 10.2. The van der Waals surface area contributed by atoms with Crippen LogP contribution < -0.4 is 11.1 Å². The Kier molecular flexibility index (Phi) is 3.23. The van der Waals surface area contributed by atoms with Crippen molar-refractivity contribution in [1.82, 2.24) is 9.97 Å². The third-order valence-corrected chi connectivity index (χ3v) is 2.49. The van der Waals surface area contributed by atoms with Gasteiger partial charge in [0.2, 0.25) is 0 Å². The molecule has 0 aliphatic rings. The number of nitrogens with two attached hydrogens (primary N) is 1. The molecule has 0 atom stereocenters. The summed E-state index contributed by atoms with van der Waals surface area (Å²) >= 11 is 0. The maximum Gasteiger partial charge on any atom is 0.274 e. The molecule has 0 spiro atoms. The Morgan fingerprint density at radius 1 is 1.28 bits per heavy atom. The summed E-state index contributed by atoms with van der Waals surface area (Å²) in [7, 11) is 0. The van der Waals surface area contributed by atoms with Crippen molar-refractivity contribution in [2.24, 2.45) is 0 Å². The highest BCUT2D eigenvalue weighted by Crippen LogP contribution is 2.14. The molecular formula is C13H14N4O. The number of nitrogens with one attached hydrogen (secondary N) is 1. The van der Waals surface area contributed by atoms with Crippen molar-refractivity contribution in [3.63, 3.8) is 0 Å². The van der Waals surface area contributed by atoms with Crippen LogP contribution in [-0.4, -0.2) is 15.9 Å². The maximum absolute atomic E-state index is 11.9. The molecule has 18 heavy (non-hydrogen) atoms. The van der Waals surface area contributed by atoms with Crippen LogP contribution >= 0.6 is 0 Å². The first-order chi connectivity index (χ1) is 8.56. The third kappa shape index (κ3) is 2.63. The summed E-state index contributed by atoms with van der Waals surface area (Å²) in [5, 5.41) is 2.76. The molecule has 5 heteroatoms. The highest BCUT2D eigenvalue weighted by Gasteiger charge is 2.09. The standard InChI is InChI=1S/C13H14N4O/c1-8-3-4-11(9(2)16-8)17-13(18)12-7-10(14)5-6-15-12/h3-7H,1-2H3,(H2,14,15)(H,17,18). The molecule has 0 radical (unpaired) electrons. The third-order valence-electron chi connectivity index (χ3n) is 2.49. The number of hydrogen-bond acceptors (Lipinski definition) is 4. The van der Waals surface area contributed by atoms with Gasteiger partial charge in [-0.25, -0.2) is 0 Å². The van der Waals surface area contributed by atoms with Gasteiger partial charge in [-0.1, -0.05) is 0 Å². The number of carbonyl (C=O) groups excluding carboxylic acids is 1. The van der Waals surface area contributed by atoms with Crippen molar-refractivity contribution in [3.05, 3.63) is 47.5 Å². The summed E-state index contributed by atoms with van der Waals surface area (Å²) in [6.07, 6.45) is 1.50. The molecule has 0 bridgehead atoms. The number of amides is 1. The van der Waals surface area contributed by atoms with Crippen LogP contribution in [0.4, 0.5) is 11.4 Å². The Hall–Kier alpha value is -2.43. The zero-order valence-corrected chi connectivity index (χ0v) is 10.3. The fraction of sp³-hybridized carbons (Fsp3) is 0.154. The summed E-state index contributed by atoms with van der Waals surface area (Å²) in [4.78, 5) is 20.2. The van der Waals surface area contributed by atoms with Gasteiger partial charge in [-0.05, 0) is 38.1 Å². The van der Waals surface area contributed by atoms with Gasteiger partial charge in [-0.2, -0.15) is 0 Å². The Morgan fingerprint density at radius 2 is 2.06 bits per heavy atom. The highest BCUT2D eigenvalue weighted by atomic mass is 16.1. The van der Waals surface area contributed by atoms with Crippen molar-refractivity contribution in [1.29, 1.82) is 0 Å². The Labute approximate surface area is 105 Å². The lowest BCUT2D eigenvalue weighted by Gasteiger charge is -2.08. The van der Waals surface area contributed by atoms with Crippen molar-refractivity contribution in [3.8, 4) is 0 Å². The van der Waals surface area contributed by atoms with E-state index in [1.54, 1.807) is 6.07 Å². The van der Waals surface area contributed by atoms with E-state index in [4.69, 9.17) is 5.73 Å². The molecule has 2 heterocycles. The van der Waals surface area contributed by atoms with Gasteiger partial charge in [-0.15, -0.1) is 0 Å². The van der Waals surface area contributed by atoms with E-state index in [1.165, 1.54) is 12.3 Å². The predicted octanol–water partition coefficient (Wildman–Crippen LogP) is 1.93. The first-order valence-corrected chi connectivity index (χ1v) is 5.53. The zero-order chi connectivity index (χ0) is 13.1. The van der Waals surface area contributed by atoms with E-state index in [1.807, 2.05) is 26.0 Å². The summed E-state index contributed by atoms with van der Waals surface area (Å²) in [6, 6.07) is 6.83. The van der Waals surface area contributed by atoms with Gasteiger partial charge in [0.05, 0.1) is 11.4 Å². The molecule has 0 saturated heterocycles. The second kappa shape index (κ2) is 4.83. The minimum Gasteiger partial charge on any atom is -0.399 e. The van der Waals surface area contributed by atoms with E-state index in [2.05, 4.69) is 15.3 Å². The lowest BCUT2D eigenvalue weighted by molar-refractivity contribution is 0.102. The number of nitrogen functional groups attached to an aromatic ring is 1. The summed E-state index contributed by atoms with van der Waals surface area (Å²) in [5.74, 6) is -0.295. The summed E-state index contributed by atoms with van der Waals surface area (Å²) in [6.45, 7) is 3.74. The molecule has 0 fully saturated rings. The molecular weight excluding hydrogens is 228 g/mol. The highest BCUT2D eigenvalue weighted by molar-refractivity contribution is 6.03. The molecule has 0 saturated carbocycles. The zero-order valence-electron chi connectivity index (χ0n) is 10.3. The molecule has 3 N–H and O–H groups in total. The smallest absolute Gasteiger partial charge is 0.274 e. The number of aryl methyl sites for hydroxylation is 2. The molecule has 2 aromatic rings. The van der Waals surface area contributed by atoms with E-state index in [9.17, 15) is 4.79 Å². The van der Waals surface area contributed by atoms with Crippen molar-refractivity contribution < 1.29 is 4.79 Å². The van der Waals surface area contributed by atoms with Crippen LogP contribution in [0.3, 0.4) is 0 Å². The fourth-order valence-electron chi connectivity index (χ4n) is 1.58. The molecule has 0 aliphatic carbocycles. The average Bonchev–Trinajstić information content (AvgIpc) is 2.32. The van der Waals surface area contributed by atoms with E-state index >= 15 is 0 Å². The monoisotopic (exact) mass is 242 g/mol. The van der Waals surface area contributed by atoms with Gasteiger partial charge < -0.3 is 11.1 Å². The van der Waals surface area contributed by atoms with Crippen LogP contribution in [0.15, 0.2) is 30.5 Å². The summed E-state index contributed by atoms with van der Waals surface area (Å²) < 4.78 is 0. The molecule has 92 valence electrons. The molecule has 0 unspecified atom stereocenters. The van der Waals surface area contributed by atoms with Crippen LogP contribution in [0.25, 0.3) is 0 Å². The number of carbonyl (C=O) groups is 1. The van der Waals surface area contributed by atoms with Gasteiger partial charge >= 0.3 is 0 Å². The van der Waals surface area contributed by atoms with Crippen LogP contribution in [0.5, 0.6) is 0 Å². The molecule has 0 aromatic carbocycles. The van der Waals surface area contributed by atoms with Gasteiger partial charge in [0.25, 0.3) is 5.91 Å². The first kappa shape index (κ1) is 12.0. The topological polar surface area (TPSA) is 80.9 Å². The number of hydrogen-bond donors (Lipinski definition) is 2. The second-order valence-electron chi connectivity index (χ2n) is 4.01. The van der Waals surface area contributed by atoms with E-state index in [0.29, 0.717) is 11.4 Å². The van der Waals surface area contributed by atoms with Crippen molar-refractivity contribution in [2.45, 2.75) is 13.8 Å². The quantitative estimate of drug-likeness (QED) is 0.843. The largest absolute Gasteiger partial charge is 0.399 e. The van der Waals surface area contributed by atoms with Gasteiger partial charge in [0, 0.05) is 17.6 Å². The fourth-order valence-corrected chi connectivity index (χ4v) is 1.58. The van der Waals surface area contributed by atoms with Gasteiger partial charge in [-0.3, -0.25) is 14.8 Å². The Bertz CT molecular complexity index is 595. The van der Waals surface area contributed by atoms with Crippen molar-refractivity contribution >= 4 is 17.3 Å². The lowest BCUT2D eigenvalue weighted by Crippen LogP contribution is -2.15. The number of pyridine rings is 2. The Morgan fingerprint density at radius 3 is 2.72 bits per heavy atom. The second-order valence-corrected chi connectivity index (χ2v) is 4.01. The van der Waals surface area contributed by atoms with Gasteiger partial charge in [0.15, 0.2) is 0 Å². The molecule has 0 aliphatic heterocycles. The van der Waals surface area contributed by atoms with Crippen LogP contribution in [-0.2, 0) is 0 Å². The van der Waals surface area contributed by atoms with Gasteiger partial charge in [0.1, 0.15) is 5.69 Å². The predicted molar refractivity (Wildman–Crippen MR) is 70.3 cm³/mol. The average molecular weight is 242 g/mol. The number of rotatable bonds is 2. The minimum absolute atomic E-state index is 0.287. The molecule has 2 aromatic heterocycles. The normalized spacial score (nSPS) is 10.1. The molecule has 1 amide bonds. The van der Waals surface area contributed by atoms with E-state index in [-0.39, 0.29) is 11.6 Å². The van der Waals surface area contributed by atoms with Crippen molar-refractivity contribution in [2.75, 3.05) is 11.1 Å². The molecule has 5 nitrogen and oxygen atoms in total. The minimum atomic E-state index is -0.295. The molecule has 2 rings (SSSR count). The maximum atomic E-state index is 11.9. The van der Waals surface area contributed by atoms with E-state index in [0.717, 1.165) is 11.4 Å². The number of aromatic nitrogens is 2. The summed E-state index contributed by atoms with van der Waals surface area (Å²) in [5.41, 5.74) is 8.76. The Balaban J connectivity index is 2.21. The van der Waals surface area contributed by atoms with Crippen LogP contribution in [0.2, 0.25) is 0 Å². The van der Waals surface area contributed by atoms with Crippen LogP contribution in [0, 0.1) is 13.8 Å². The number of nitrogens with zero attached hydrogens (tertiary/aromatic N) is 2.